The number of carbonyl (C=O) groups is 2. The quantitative estimate of drug-likeness (QED) is 0.588. The van der Waals surface area contributed by atoms with E-state index in [0.29, 0.717) is 17.2 Å². The van der Waals surface area contributed by atoms with Crippen molar-refractivity contribution < 1.29 is 19.4 Å². The molecule has 3 rings (SSSR count). The van der Waals surface area contributed by atoms with Gasteiger partial charge in [0.05, 0.1) is 25.0 Å². The molecule has 0 fully saturated rings. The van der Waals surface area contributed by atoms with Crippen LogP contribution in [0, 0.1) is 0 Å². The molecule has 156 valence electrons. The van der Waals surface area contributed by atoms with Crippen molar-refractivity contribution in [3.8, 4) is 16.9 Å². The molecule has 1 atom stereocenters. The highest BCUT2D eigenvalue weighted by Crippen LogP contribution is 2.26. The first kappa shape index (κ1) is 21.3. The van der Waals surface area contributed by atoms with Gasteiger partial charge in [0.15, 0.2) is 6.04 Å². The van der Waals surface area contributed by atoms with Crippen LogP contribution in [0.25, 0.3) is 16.9 Å². The fourth-order valence-corrected chi connectivity index (χ4v) is 3.05. The van der Waals surface area contributed by atoms with Gasteiger partial charge in [-0.25, -0.2) is 9.48 Å². The Morgan fingerprint density at radius 3 is 2.33 bits per heavy atom. The third-order valence-corrected chi connectivity index (χ3v) is 4.80. The second-order valence-electron chi connectivity index (χ2n) is 7.18. The SMILES string of the molecule is COC(=O)[C@H](CO)NC(=O)c1cn(-c2ccccc2)nc1-c1ccc(C(C)C)cc1. The fourth-order valence-electron chi connectivity index (χ4n) is 3.05. The first-order valence-corrected chi connectivity index (χ1v) is 9.69. The van der Waals surface area contributed by atoms with Gasteiger partial charge in [0.1, 0.15) is 5.69 Å². The van der Waals surface area contributed by atoms with Gasteiger partial charge in [-0.05, 0) is 23.6 Å². The van der Waals surface area contributed by atoms with Gasteiger partial charge >= 0.3 is 5.97 Å². The summed E-state index contributed by atoms with van der Waals surface area (Å²) in [7, 11) is 1.20. The predicted molar refractivity (Wildman–Crippen MR) is 113 cm³/mol. The summed E-state index contributed by atoms with van der Waals surface area (Å²) >= 11 is 0. The molecular formula is C23H25N3O4. The zero-order valence-electron chi connectivity index (χ0n) is 17.2. The van der Waals surface area contributed by atoms with Crippen LogP contribution in [0.2, 0.25) is 0 Å². The van der Waals surface area contributed by atoms with Crippen LogP contribution in [0.4, 0.5) is 0 Å². The molecule has 7 heteroatoms. The fraction of sp³-hybridized carbons (Fsp3) is 0.261. The number of ether oxygens (including phenoxy) is 1. The normalized spacial score (nSPS) is 11.9. The Bertz CT molecular complexity index is 1010. The number of benzene rings is 2. The summed E-state index contributed by atoms with van der Waals surface area (Å²) in [4.78, 5) is 24.7. The predicted octanol–water partition coefficient (Wildman–Crippen LogP) is 2.93. The zero-order chi connectivity index (χ0) is 21.7. The van der Waals surface area contributed by atoms with Gasteiger partial charge in [0, 0.05) is 11.8 Å². The van der Waals surface area contributed by atoms with E-state index in [2.05, 4.69) is 29.0 Å². The third kappa shape index (κ3) is 4.58. The van der Waals surface area contributed by atoms with Gasteiger partial charge in [-0.2, -0.15) is 5.10 Å². The van der Waals surface area contributed by atoms with Crippen LogP contribution in [-0.2, 0) is 9.53 Å². The number of hydrogen-bond acceptors (Lipinski definition) is 5. The molecule has 0 saturated heterocycles. The Balaban J connectivity index is 2.02. The Hall–Kier alpha value is -3.45. The zero-order valence-corrected chi connectivity index (χ0v) is 17.2. The molecule has 2 aromatic carbocycles. The number of carbonyl (C=O) groups excluding carboxylic acids is 2. The molecule has 7 nitrogen and oxygen atoms in total. The van der Waals surface area contributed by atoms with E-state index in [1.165, 1.54) is 12.7 Å². The van der Waals surface area contributed by atoms with E-state index in [9.17, 15) is 14.7 Å². The molecule has 30 heavy (non-hydrogen) atoms. The van der Waals surface area contributed by atoms with Gasteiger partial charge in [0.25, 0.3) is 5.91 Å². The molecule has 0 saturated carbocycles. The molecule has 2 N–H and O–H groups in total. The van der Waals surface area contributed by atoms with Crippen LogP contribution in [-0.4, -0.2) is 46.5 Å². The van der Waals surface area contributed by atoms with Gasteiger partial charge in [-0.3, -0.25) is 4.79 Å². The summed E-state index contributed by atoms with van der Waals surface area (Å²) in [5, 5.41) is 16.6. The largest absolute Gasteiger partial charge is 0.467 e. The highest BCUT2D eigenvalue weighted by atomic mass is 16.5. The van der Waals surface area contributed by atoms with Crippen molar-refractivity contribution in [3.63, 3.8) is 0 Å². The number of esters is 1. The Morgan fingerprint density at radius 1 is 1.10 bits per heavy atom. The number of nitrogens with one attached hydrogen (secondary N) is 1. The molecule has 3 aromatic rings. The Morgan fingerprint density at radius 2 is 1.77 bits per heavy atom. The van der Waals surface area contributed by atoms with E-state index in [4.69, 9.17) is 0 Å². The van der Waals surface area contributed by atoms with Crippen LogP contribution < -0.4 is 5.32 Å². The molecule has 0 aliphatic rings. The lowest BCUT2D eigenvalue weighted by Gasteiger charge is -2.13. The van der Waals surface area contributed by atoms with Crippen molar-refractivity contribution in [1.82, 2.24) is 15.1 Å². The van der Waals surface area contributed by atoms with Crippen LogP contribution in [0.5, 0.6) is 0 Å². The summed E-state index contributed by atoms with van der Waals surface area (Å²) in [5.74, 6) is -0.859. The van der Waals surface area contributed by atoms with E-state index in [1.54, 1.807) is 10.9 Å². The second-order valence-corrected chi connectivity index (χ2v) is 7.18. The molecule has 0 radical (unpaired) electrons. The lowest BCUT2D eigenvalue weighted by Crippen LogP contribution is -2.44. The molecular weight excluding hydrogens is 382 g/mol. The number of para-hydroxylation sites is 1. The molecule has 0 spiro atoms. The topological polar surface area (TPSA) is 93.5 Å². The second kappa shape index (κ2) is 9.37. The van der Waals surface area contributed by atoms with Crippen LogP contribution in [0.15, 0.2) is 60.8 Å². The first-order valence-electron chi connectivity index (χ1n) is 9.69. The molecule has 0 aliphatic carbocycles. The molecule has 1 amide bonds. The van der Waals surface area contributed by atoms with E-state index < -0.39 is 24.5 Å². The number of amides is 1. The average molecular weight is 407 g/mol. The average Bonchev–Trinajstić information content (AvgIpc) is 3.23. The van der Waals surface area contributed by atoms with Crippen LogP contribution in [0.3, 0.4) is 0 Å². The van der Waals surface area contributed by atoms with Gasteiger partial charge in [0.2, 0.25) is 0 Å². The minimum absolute atomic E-state index is 0.290. The first-order chi connectivity index (χ1) is 14.4. The number of methoxy groups -OCH3 is 1. The van der Waals surface area contributed by atoms with Crippen molar-refractivity contribution in [3.05, 3.63) is 71.9 Å². The van der Waals surface area contributed by atoms with E-state index in [-0.39, 0.29) is 0 Å². The van der Waals surface area contributed by atoms with E-state index >= 15 is 0 Å². The summed E-state index contributed by atoms with van der Waals surface area (Å²) < 4.78 is 6.25. The molecule has 0 aliphatic heterocycles. The maximum atomic E-state index is 13.0. The smallest absolute Gasteiger partial charge is 0.330 e. The van der Waals surface area contributed by atoms with Gasteiger partial charge in [-0.15, -0.1) is 0 Å². The highest BCUT2D eigenvalue weighted by Gasteiger charge is 2.25. The molecule has 1 aromatic heterocycles. The Kier molecular flexibility index (Phi) is 6.64. The maximum absolute atomic E-state index is 13.0. The third-order valence-electron chi connectivity index (χ3n) is 4.80. The number of rotatable bonds is 7. The van der Waals surface area contributed by atoms with Gasteiger partial charge in [-0.1, -0.05) is 56.3 Å². The van der Waals surface area contributed by atoms with Crippen molar-refractivity contribution in [2.75, 3.05) is 13.7 Å². The lowest BCUT2D eigenvalue weighted by atomic mass is 9.99. The Labute approximate surface area is 175 Å². The number of aliphatic hydroxyl groups excluding tert-OH is 1. The standard InChI is InChI=1S/C23H25N3O4/c1-15(2)16-9-11-17(12-10-16)21-19(22(28)24-20(14-27)23(29)30-3)13-26(25-21)18-7-5-4-6-8-18/h4-13,15,20,27H,14H2,1-3H3,(H,24,28)/t20-/m0/s1. The molecule has 0 bridgehead atoms. The summed E-state index contributed by atoms with van der Waals surface area (Å²) in [6.07, 6.45) is 1.61. The minimum atomic E-state index is -1.15. The minimum Gasteiger partial charge on any atom is -0.467 e. The van der Waals surface area contributed by atoms with Crippen LogP contribution >= 0.6 is 0 Å². The number of hydrogen-bond donors (Lipinski definition) is 2. The van der Waals surface area contributed by atoms with Gasteiger partial charge < -0.3 is 15.2 Å². The van der Waals surface area contributed by atoms with Crippen LogP contribution in [0.1, 0.15) is 35.7 Å². The lowest BCUT2D eigenvalue weighted by molar-refractivity contribution is -0.143. The summed E-state index contributed by atoms with van der Waals surface area (Å²) in [6, 6.07) is 16.1. The number of aromatic nitrogens is 2. The highest BCUT2D eigenvalue weighted by molar-refractivity contribution is 6.01. The van der Waals surface area contributed by atoms with Crippen molar-refractivity contribution in [2.45, 2.75) is 25.8 Å². The van der Waals surface area contributed by atoms with Crippen molar-refractivity contribution in [1.29, 1.82) is 0 Å². The molecule has 0 unspecified atom stereocenters. The maximum Gasteiger partial charge on any atom is 0.330 e. The van der Waals surface area contributed by atoms with E-state index in [0.717, 1.165) is 11.3 Å². The molecule has 1 heterocycles. The van der Waals surface area contributed by atoms with E-state index in [1.807, 2.05) is 54.6 Å². The van der Waals surface area contributed by atoms with Crippen molar-refractivity contribution >= 4 is 11.9 Å². The summed E-state index contributed by atoms with van der Waals surface area (Å²) in [5.41, 5.74) is 3.52. The monoisotopic (exact) mass is 407 g/mol. The number of nitrogens with zero attached hydrogens (tertiary/aromatic N) is 2. The summed E-state index contributed by atoms with van der Waals surface area (Å²) in [6.45, 7) is 3.66. The van der Waals surface area contributed by atoms with Crippen molar-refractivity contribution in [2.24, 2.45) is 0 Å². The number of aliphatic hydroxyl groups is 1.